The summed E-state index contributed by atoms with van der Waals surface area (Å²) in [5.41, 5.74) is 1.68. The van der Waals surface area contributed by atoms with Gasteiger partial charge >= 0.3 is 5.97 Å². The predicted octanol–water partition coefficient (Wildman–Crippen LogP) is 3.95. The number of hydrogen-bond donors (Lipinski definition) is 3. The summed E-state index contributed by atoms with van der Waals surface area (Å²) < 4.78 is 20.1. The number of halogens is 1. The summed E-state index contributed by atoms with van der Waals surface area (Å²) >= 11 is 0. The van der Waals surface area contributed by atoms with Gasteiger partial charge in [0, 0.05) is 25.6 Å². The fraction of sp³-hybridized carbons (Fsp3) is 0.190. The summed E-state index contributed by atoms with van der Waals surface area (Å²) in [7, 11) is 3.18. The van der Waals surface area contributed by atoms with Gasteiger partial charge in [0.05, 0.1) is 0 Å². The van der Waals surface area contributed by atoms with Crippen LogP contribution in [0.4, 0.5) is 10.2 Å². The highest BCUT2D eigenvalue weighted by Gasteiger charge is 2.28. The molecule has 1 atom stereocenters. The van der Waals surface area contributed by atoms with Gasteiger partial charge in [-0.15, -0.1) is 0 Å². The first-order valence-corrected chi connectivity index (χ1v) is 8.95. The van der Waals surface area contributed by atoms with E-state index in [0.717, 1.165) is 5.56 Å². The molecule has 3 N–H and O–H groups in total. The van der Waals surface area contributed by atoms with E-state index in [-0.39, 0.29) is 17.1 Å². The van der Waals surface area contributed by atoms with Crippen molar-refractivity contribution >= 4 is 17.7 Å². The lowest BCUT2D eigenvalue weighted by molar-refractivity contribution is 0.0695. The summed E-state index contributed by atoms with van der Waals surface area (Å²) in [4.78, 5) is 15.8. The first-order valence-electron chi connectivity index (χ1n) is 8.95. The van der Waals surface area contributed by atoms with E-state index < -0.39 is 17.7 Å². The minimum absolute atomic E-state index is 0.0238. The molecular weight excluding hydrogens is 375 g/mol. The smallest absolute Gasteiger partial charge is 0.343 e. The van der Waals surface area contributed by atoms with Crippen LogP contribution in [0.1, 0.15) is 34.5 Å². The van der Waals surface area contributed by atoms with Gasteiger partial charge < -0.3 is 20.3 Å². The first-order chi connectivity index (χ1) is 14.0. The molecule has 7 nitrogen and oxygen atoms in total. The molecule has 8 heteroatoms. The molecule has 150 valence electrons. The molecule has 2 aromatic carbocycles. The van der Waals surface area contributed by atoms with Crippen LogP contribution in [0.2, 0.25) is 0 Å². The van der Waals surface area contributed by atoms with Crippen LogP contribution < -0.4 is 10.6 Å². The third-order valence-electron chi connectivity index (χ3n) is 4.60. The number of nitrogens with one attached hydrogen (secondary N) is 2. The molecule has 1 unspecified atom stereocenters. The summed E-state index contributed by atoms with van der Waals surface area (Å²) in [6.45, 7) is 1.74. The molecule has 3 rings (SSSR count). The van der Waals surface area contributed by atoms with Crippen molar-refractivity contribution in [1.82, 2.24) is 10.5 Å². The fourth-order valence-electron chi connectivity index (χ4n) is 3.04. The van der Waals surface area contributed by atoms with Crippen LogP contribution >= 0.6 is 0 Å². The van der Waals surface area contributed by atoms with Crippen LogP contribution in [0.25, 0.3) is 11.1 Å². The van der Waals surface area contributed by atoms with Crippen molar-refractivity contribution in [2.75, 3.05) is 19.4 Å². The number of aliphatic imine (C=N–C) groups is 1. The van der Waals surface area contributed by atoms with Gasteiger partial charge in [0.15, 0.2) is 17.5 Å². The molecule has 3 aromatic rings. The van der Waals surface area contributed by atoms with Gasteiger partial charge in [0.25, 0.3) is 0 Å². The summed E-state index contributed by atoms with van der Waals surface area (Å²) in [5.74, 6) is -1.65. The Hall–Kier alpha value is -3.68. The third kappa shape index (κ3) is 4.11. The van der Waals surface area contributed by atoms with E-state index in [1.54, 1.807) is 33.2 Å². The van der Waals surface area contributed by atoms with Gasteiger partial charge in [-0.25, -0.2) is 9.18 Å². The third-order valence-corrected chi connectivity index (χ3v) is 4.60. The molecule has 29 heavy (non-hydrogen) atoms. The first kappa shape index (κ1) is 20.1. The molecule has 0 amide bonds. The van der Waals surface area contributed by atoms with Gasteiger partial charge in [0.1, 0.15) is 11.4 Å². The normalized spacial score (nSPS) is 12.5. The minimum Gasteiger partial charge on any atom is -0.477 e. The van der Waals surface area contributed by atoms with E-state index in [1.165, 1.54) is 6.07 Å². The van der Waals surface area contributed by atoms with Gasteiger partial charge in [-0.2, -0.15) is 0 Å². The molecule has 0 spiro atoms. The maximum absolute atomic E-state index is 14.7. The van der Waals surface area contributed by atoms with Crippen LogP contribution in [0.5, 0.6) is 0 Å². The maximum atomic E-state index is 14.7. The number of carboxylic acid groups (broad SMARTS) is 1. The molecule has 0 aliphatic rings. The number of aromatic carboxylic acids is 1. The van der Waals surface area contributed by atoms with Crippen molar-refractivity contribution in [2.45, 2.75) is 12.8 Å². The number of nitrogens with zero attached hydrogens (tertiary/aromatic N) is 2. The second-order valence-corrected chi connectivity index (χ2v) is 6.35. The van der Waals surface area contributed by atoms with Gasteiger partial charge in [-0.3, -0.25) is 4.99 Å². The minimum atomic E-state index is -1.21. The zero-order valence-electron chi connectivity index (χ0n) is 16.2. The van der Waals surface area contributed by atoms with Crippen molar-refractivity contribution in [3.8, 4) is 11.1 Å². The molecule has 0 fully saturated rings. The number of benzene rings is 2. The maximum Gasteiger partial charge on any atom is 0.343 e. The number of rotatable bonds is 5. The van der Waals surface area contributed by atoms with E-state index in [2.05, 4.69) is 20.8 Å². The topological polar surface area (TPSA) is 99.8 Å². The van der Waals surface area contributed by atoms with E-state index in [9.17, 15) is 14.3 Å². The molecule has 0 aliphatic heterocycles. The Bertz CT molecular complexity index is 1050. The number of carbonyl (C=O) groups is 1. The Labute approximate surface area is 167 Å². The van der Waals surface area contributed by atoms with Crippen LogP contribution in [0, 0.1) is 5.82 Å². The van der Waals surface area contributed by atoms with Crippen molar-refractivity contribution in [2.24, 2.45) is 4.99 Å². The average molecular weight is 396 g/mol. The molecule has 0 aliphatic carbocycles. The quantitative estimate of drug-likeness (QED) is 0.446. The van der Waals surface area contributed by atoms with Crippen molar-refractivity contribution in [3.05, 3.63) is 71.2 Å². The molecule has 0 saturated carbocycles. The number of guanidine groups is 1. The predicted molar refractivity (Wildman–Crippen MR) is 109 cm³/mol. The largest absolute Gasteiger partial charge is 0.477 e. The second-order valence-electron chi connectivity index (χ2n) is 6.35. The Morgan fingerprint density at radius 1 is 1.24 bits per heavy atom. The molecule has 0 bridgehead atoms. The number of anilines is 1. The highest BCUT2D eigenvalue weighted by molar-refractivity contribution is 6.01. The Kier molecular flexibility index (Phi) is 5.92. The van der Waals surface area contributed by atoms with Crippen LogP contribution in [0.15, 0.2) is 58.0 Å². The van der Waals surface area contributed by atoms with E-state index in [4.69, 9.17) is 4.52 Å². The van der Waals surface area contributed by atoms with Gasteiger partial charge in [0.2, 0.25) is 0 Å². The standard InChI is InChI=1S/C21H21FN4O3/c1-12(14-9-10-15(16(22)11-14)13-7-5-4-6-8-13)18-17(20(27)28)19(26-29-18)25-21(23-2)24-3/h4-12H,1-3H3,(H,27,28)(H2,23,24,25,26). The zero-order valence-corrected chi connectivity index (χ0v) is 16.2. The lowest BCUT2D eigenvalue weighted by atomic mass is 9.93. The molecule has 1 heterocycles. The van der Waals surface area contributed by atoms with Crippen molar-refractivity contribution in [3.63, 3.8) is 0 Å². The van der Waals surface area contributed by atoms with Gasteiger partial charge in [-0.05, 0) is 17.2 Å². The molecule has 0 saturated heterocycles. The lowest BCUT2D eigenvalue weighted by Gasteiger charge is -2.12. The summed E-state index contributed by atoms with van der Waals surface area (Å²) in [6.07, 6.45) is 0. The number of carboxylic acids is 1. The van der Waals surface area contributed by atoms with Crippen LogP contribution in [-0.4, -0.2) is 36.3 Å². The molecular formula is C21H21FN4O3. The SMILES string of the molecule is CN=C(NC)Nc1noc(C(C)c2ccc(-c3ccccc3)c(F)c2)c1C(=O)O. The number of aromatic nitrogens is 1. The monoisotopic (exact) mass is 396 g/mol. The Morgan fingerprint density at radius 3 is 2.55 bits per heavy atom. The molecule has 1 aromatic heterocycles. The van der Waals surface area contributed by atoms with Crippen LogP contribution in [0.3, 0.4) is 0 Å². The van der Waals surface area contributed by atoms with E-state index in [0.29, 0.717) is 17.1 Å². The summed E-state index contributed by atoms with van der Waals surface area (Å²) in [5, 5.41) is 19.0. The average Bonchev–Trinajstić information content (AvgIpc) is 3.15. The highest BCUT2D eigenvalue weighted by Crippen LogP contribution is 2.33. The van der Waals surface area contributed by atoms with Crippen molar-refractivity contribution < 1.29 is 18.8 Å². The second kappa shape index (κ2) is 8.55. The highest BCUT2D eigenvalue weighted by atomic mass is 19.1. The van der Waals surface area contributed by atoms with Gasteiger partial charge in [-0.1, -0.05) is 54.5 Å². The van der Waals surface area contributed by atoms with Crippen molar-refractivity contribution in [1.29, 1.82) is 0 Å². The Balaban J connectivity index is 1.96. The van der Waals surface area contributed by atoms with Crippen LogP contribution in [-0.2, 0) is 0 Å². The number of hydrogen-bond acceptors (Lipinski definition) is 4. The van der Waals surface area contributed by atoms with E-state index in [1.807, 2.05) is 30.3 Å². The zero-order chi connectivity index (χ0) is 21.0. The lowest BCUT2D eigenvalue weighted by Crippen LogP contribution is -2.27. The molecule has 0 radical (unpaired) electrons. The van der Waals surface area contributed by atoms with E-state index >= 15 is 0 Å². The fourth-order valence-corrected chi connectivity index (χ4v) is 3.04. The Morgan fingerprint density at radius 2 is 1.97 bits per heavy atom. The summed E-state index contributed by atoms with van der Waals surface area (Å²) in [6, 6.07) is 14.0.